The van der Waals surface area contributed by atoms with Crippen molar-refractivity contribution in [2.24, 2.45) is 5.92 Å². The molecule has 5 aromatic heterocycles. The molecule has 8 aromatic carbocycles. The smallest absolute Gasteiger partial charge is 0.341 e. The lowest BCUT2D eigenvalue weighted by Crippen LogP contribution is -2.26. The van der Waals surface area contributed by atoms with Crippen molar-refractivity contribution in [3.8, 4) is 57.5 Å². The summed E-state index contributed by atoms with van der Waals surface area (Å²) in [5, 5.41) is 47.1. The molecule has 1 saturated carbocycles. The fraction of sp³-hybridized carbons (Fsp3) is 0.202. The molecule has 0 bridgehead atoms. The number of H-pyrrole nitrogens is 4. The van der Waals surface area contributed by atoms with Gasteiger partial charge in [0.05, 0.1) is 168 Å². The number of benzene rings is 8. The number of amides is 2. The van der Waals surface area contributed by atoms with E-state index in [4.69, 9.17) is 56.5 Å². The van der Waals surface area contributed by atoms with Gasteiger partial charge in [0.25, 0.3) is 11.8 Å². The van der Waals surface area contributed by atoms with Crippen LogP contribution in [0.15, 0.2) is 150 Å². The fourth-order valence-corrected chi connectivity index (χ4v) is 11.9. The molecule has 0 aliphatic heterocycles. The molecular weight excluding hydrogens is 1430 g/mol. The zero-order valence-corrected chi connectivity index (χ0v) is 63.3. The van der Waals surface area contributed by atoms with Crippen molar-refractivity contribution in [3.05, 3.63) is 219 Å². The number of nitrogens with one attached hydrogen (secondary N) is 6. The van der Waals surface area contributed by atoms with Gasteiger partial charge in [-0.3, -0.25) is 30.0 Å². The predicted octanol–water partition coefficient (Wildman–Crippen LogP) is 15.0. The lowest BCUT2D eigenvalue weighted by molar-refractivity contribution is 0.0522. The van der Waals surface area contributed by atoms with Gasteiger partial charge in [0, 0.05) is 6.54 Å². The van der Waals surface area contributed by atoms with E-state index in [2.05, 4.69) is 56.4 Å². The molecule has 576 valence electrons. The number of carboxylic acid groups (broad SMARTS) is 1. The molecule has 5 heterocycles. The molecule has 112 heavy (non-hydrogen) atoms. The molecule has 1 aliphatic carbocycles. The molecule has 0 unspecified atom stereocenters. The molecule has 2 amide bonds. The van der Waals surface area contributed by atoms with Crippen LogP contribution in [0.25, 0.3) is 92.2 Å². The van der Waals surface area contributed by atoms with Crippen molar-refractivity contribution in [1.29, 1.82) is 0 Å². The fourth-order valence-electron chi connectivity index (χ4n) is 11.9. The lowest BCUT2D eigenvalue weighted by atomic mass is 10.1. The van der Waals surface area contributed by atoms with Crippen molar-refractivity contribution < 1.29 is 80.8 Å². The Kier molecular flexibility index (Phi) is 26.4. The molecule has 28 heteroatoms. The summed E-state index contributed by atoms with van der Waals surface area (Å²) in [4.78, 5) is 53.0. The molecule has 1 aliphatic rings. The minimum absolute atomic E-state index is 0.0853. The average molecular weight is 1520 g/mol. The zero-order chi connectivity index (χ0) is 79.2. The Balaban J connectivity index is 0.000000148. The van der Waals surface area contributed by atoms with Gasteiger partial charge in [0.15, 0.2) is 23.0 Å². The van der Waals surface area contributed by atoms with Gasteiger partial charge in [-0.1, -0.05) is 60.7 Å². The maximum atomic E-state index is 12.7. The number of fused-ring (bicyclic) bond motifs is 4. The summed E-state index contributed by atoms with van der Waals surface area (Å²) in [5.74, 6) is 5.00. The molecule has 0 saturated heterocycles. The molecule has 7 N–H and O–H groups in total. The summed E-state index contributed by atoms with van der Waals surface area (Å²) in [7, 11) is 15.7. The molecule has 1 fully saturated rings. The van der Waals surface area contributed by atoms with Crippen LogP contribution in [-0.4, -0.2) is 159 Å². The number of rotatable bonds is 27. The minimum Gasteiger partial charge on any atom is -0.497 e. The second-order valence-electron chi connectivity index (χ2n) is 24.6. The van der Waals surface area contributed by atoms with E-state index in [1.165, 1.54) is 52.7 Å². The van der Waals surface area contributed by atoms with Gasteiger partial charge in [-0.25, -0.2) is 14.6 Å². The summed E-state index contributed by atoms with van der Waals surface area (Å²) in [6, 6.07) is 40.2. The van der Waals surface area contributed by atoms with Crippen LogP contribution in [0, 0.1) is 5.92 Å². The van der Waals surface area contributed by atoms with E-state index >= 15 is 0 Å². The maximum Gasteiger partial charge on any atom is 0.341 e. The highest BCUT2D eigenvalue weighted by atomic mass is 16.5. The standard InChI is InChI=1S/C22H20N4O4.C22H23N3O3.C21H22N2O5.C19H18N2O5/c1-28-15-6-3-14(4-7-15)5-9-17-20-18(26-25-17)10-8-16(21(20)29-2)22(27)24-13-19-23-11-12-30-19;1-27-16-8-5-14(6-9-16)7-11-18-20-19(25-24-18)12-10-17(21(20)28-2)22(26)23-13-15-3-4-15;1-5-28-21(24)14-8-10-16-19(20(14)27-4)15(22-23-16)9-6-13-7-11-17(25-2)18(12-13)26-3;1-24-15-9-5-11(10-16(15)25-2)4-7-13-17-14(21-20-13)8-6-12(19(22)23)18(17)26-3/h3-12H,13H2,1-2H3,(H,24,27)(H,25,26);5-12,15H,3-4,13H2,1-2H3,(H,23,26)(H,24,25);6-12H,5H2,1-4H3,(H,22,23);4-10H,1-3H3,(H,20,21)(H,22,23)/b9-5+;11-7+;9-6+;7-4+. The zero-order valence-electron chi connectivity index (χ0n) is 63.3. The van der Waals surface area contributed by atoms with Gasteiger partial charge in [-0.05, 0) is 169 Å². The second-order valence-corrected chi connectivity index (χ2v) is 24.6. The number of hydrogen-bond acceptors (Lipinski definition) is 21. The van der Waals surface area contributed by atoms with Gasteiger partial charge < -0.3 is 72.3 Å². The Bertz CT molecular complexity index is 5580. The summed E-state index contributed by atoms with van der Waals surface area (Å²) in [5.41, 5.74) is 10.9. The van der Waals surface area contributed by atoms with E-state index in [-0.39, 0.29) is 36.3 Å². The highest BCUT2D eigenvalue weighted by Crippen LogP contribution is 2.39. The Labute approximate surface area is 643 Å². The normalized spacial score (nSPS) is 11.7. The molecule has 13 aromatic rings. The van der Waals surface area contributed by atoms with Crippen LogP contribution in [0.2, 0.25) is 0 Å². The van der Waals surface area contributed by atoms with Crippen LogP contribution < -0.4 is 58.0 Å². The van der Waals surface area contributed by atoms with E-state index in [0.29, 0.717) is 107 Å². The topological polar surface area (TPSA) is 355 Å². The van der Waals surface area contributed by atoms with Crippen molar-refractivity contribution >= 4 is 116 Å². The van der Waals surface area contributed by atoms with Crippen LogP contribution >= 0.6 is 0 Å². The SMILES string of the molecule is CCOC(=O)c1ccc2n[nH]c(/C=C/c3ccc(OC)c(OC)c3)c2c1OC.COc1ccc(/C=C/c2[nH]nc3ccc(C(=O)NCC4CC4)c(OC)c23)cc1.COc1ccc(/C=C/c2[nH]nc3ccc(C(=O)NCc4ncco4)c(OC)c23)cc1.COc1ccc(/C=C/c2[nH]nc3ccc(C(=O)O)c(OC)c23)cc1OC. The largest absolute Gasteiger partial charge is 0.497 e. The van der Waals surface area contributed by atoms with Crippen molar-refractivity contribution in [2.45, 2.75) is 26.3 Å². The highest BCUT2D eigenvalue weighted by Gasteiger charge is 2.26. The van der Waals surface area contributed by atoms with Crippen LogP contribution in [0.1, 0.15) is 112 Å². The third-order valence-corrected chi connectivity index (χ3v) is 17.8. The first-order valence-electron chi connectivity index (χ1n) is 35.1. The van der Waals surface area contributed by atoms with Crippen LogP contribution in [0.5, 0.6) is 57.5 Å². The predicted molar refractivity (Wildman–Crippen MR) is 427 cm³/mol. The number of carboxylic acids is 1. The summed E-state index contributed by atoms with van der Waals surface area (Å²) in [6.07, 6.45) is 20.6. The van der Waals surface area contributed by atoms with Crippen LogP contribution in [0.3, 0.4) is 0 Å². The number of oxazole rings is 1. The van der Waals surface area contributed by atoms with Crippen LogP contribution in [0.4, 0.5) is 0 Å². The van der Waals surface area contributed by atoms with Crippen LogP contribution in [-0.2, 0) is 11.3 Å². The van der Waals surface area contributed by atoms with Gasteiger partial charge in [-0.2, -0.15) is 20.4 Å². The first-order chi connectivity index (χ1) is 54.6. The number of carbonyl (C=O) groups excluding carboxylic acids is 3. The summed E-state index contributed by atoms with van der Waals surface area (Å²) < 4.78 is 63.8. The second kappa shape index (κ2) is 37.5. The summed E-state index contributed by atoms with van der Waals surface area (Å²) >= 11 is 0. The number of aromatic nitrogens is 9. The monoisotopic (exact) mass is 1520 g/mol. The van der Waals surface area contributed by atoms with Crippen molar-refractivity contribution in [2.75, 3.05) is 84.2 Å². The Morgan fingerprint density at radius 3 is 1.15 bits per heavy atom. The van der Waals surface area contributed by atoms with Crippen molar-refractivity contribution in [3.63, 3.8) is 0 Å². The Morgan fingerprint density at radius 2 is 0.795 bits per heavy atom. The number of carbonyl (C=O) groups is 4. The van der Waals surface area contributed by atoms with E-state index in [1.807, 2.05) is 140 Å². The third-order valence-electron chi connectivity index (χ3n) is 17.8. The molecule has 28 nitrogen and oxygen atoms in total. The van der Waals surface area contributed by atoms with Gasteiger partial charge in [0.1, 0.15) is 51.9 Å². The Morgan fingerprint density at radius 1 is 0.429 bits per heavy atom. The van der Waals surface area contributed by atoms with E-state index in [0.717, 1.165) is 68.0 Å². The lowest BCUT2D eigenvalue weighted by Gasteiger charge is -2.10. The van der Waals surface area contributed by atoms with Crippen molar-refractivity contribution in [1.82, 2.24) is 56.4 Å². The third kappa shape index (κ3) is 18.6. The molecular formula is C84H83N11O17. The van der Waals surface area contributed by atoms with E-state index < -0.39 is 11.9 Å². The number of esters is 1. The first kappa shape index (κ1) is 78.8. The van der Waals surface area contributed by atoms with Gasteiger partial charge in [0.2, 0.25) is 5.89 Å². The van der Waals surface area contributed by atoms with E-state index in [9.17, 15) is 24.3 Å². The van der Waals surface area contributed by atoms with E-state index in [1.54, 1.807) is 93.1 Å². The molecule has 14 rings (SSSR count). The number of hydrogen-bond donors (Lipinski definition) is 7. The average Bonchev–Trinajstić information content (AvgIpc) is 1.65. The number of aromatic amines is 4. The molecule has 0 atom stereocenters. The molecule has 0 spiro atoms. The number of nitrogens with zero attached hydrogens (tertiary/aromatic N) is 5. The minimum atomic E-state index is -1.06. The maximum absolute atomic E-state index is 12.7. The number of methoxy groups -OCH3 is 10. The Hall–Kier alpha value is -14.3. The number of ether oxygens (including phenoxy) is 11. The summed E-state index contributed by atoms with van der Waals surface area (Å²) in [6.45, 7) is 2.95. The molecule has 0 radical (unpaired) electrons. The quantitative estimate of drug-likeness (QED) is 0.0235. The highest BCUT2D eigenvalue weighted by molar-refractivity contribution is 6.08. The van der Waals surface area contributed by atoms with Gasteiger partial charge in [-0.15, -0.1) is 0 Å². The first-order valence-corrected chi connectivity index (χ1v) is 35.1. The van der Waals surface area contributed by atoms with Gasteiger partial charge >= 0.3 is 11.9 Å². The number of aromatic carboxylic acids is 1.